The predicted molar refractivity (Wildman–Crippen MR) is 99.7 cm³/mol. The smallest absolute Gasteiger partial charge is 0.222 e. The van der Waals surface area contributed by atoms with E-state index in [1.807, 2.05) is 37.0 Å². The van der Waals surface area contributed by atoms with Gasteiger partial charge in [0, 0.05) is 19.8 Å². The van der Waals surface area contributed by atoms with Crippen molar-refractivity contribution in [3.05, 3.63) is 72.1 Å². The lowest BCUT2D eigenvalue weighted by Gasteiger charge is -2.37. The van der Waals surface area contributed by atoms with E-state index in [1.165, 1.54) is 0 Å². The van der Waals surface area contributed by atoms with Gasteiger partial charge >= 0.3 is 0 Å². The largest absolute Gasteiger partial charge is 0.378 e. The Labute approximate surface area is 147 Å². The molecule has 0 saturated carbocycles. The molecule has 0 fully saturated rings. The number of hydrogen-bond donors (Lipinski definition) is 2. The van der Waals surface area contributed by atoms with E-state index >= 15 is 0 Å². The summed E-state index contributed by atoms with van der Waals surface area (Å²) in [5, 5.41) is 7.83. The van der Waals surface area contributed by atoms with Crippen LogP contribution in [-0.4, -0.2) is 34.9 Å². The number of fused-ring (bicyclic) bond motifs is 1. The highest BCUT2D eigenvalue weighted by Gasteiger charge is 2.37. The van der Waals surface area contributed by atoms with Gasteiger partial charge in [-0.05, 0) is 23.3 Å². The van der Waals surface area contributed by atoms with Gasteiger partial charge in [0.25, 0.3) is 0 Å². The molecule has 25 heavy (non-hydrogen) atoms. The molecule has 2 aromatic carbocycles. The second kappa shape index (κ2) is 6.22. The van der Waals surface area contributed by atoms with Crippen molar-refractivity contribution in [3.8, 4) is 0 Å². The summed E-state index contributed by atoms with van der Waals surface area (Å²) >= 11 is 0. The minimum atomic E-state index is -0.165. The minimum Gasteiger partial charge on any atom is -0.378 e. The van der Waals surface area contributed by atoms with Crippen molar-refractivity contribution in [1.29, 1.82) is 0 Å². The quantitative estimate of drug-likeness (QED) is 0.770. The second-order valence-corrected chi connectivity index (χ2v) is 6.57. The first kappa shape index (κ1) is 15.7. The van der Waals surface area contributed by atoms with Crippen molar-refractivity contribution in [2.45, 2.75) is 18.1 Å². The number of benzene rings is 2. The number of nitrogens with zero attached hydrogens (tertiary/aromatic N) is 4. The van der Waals surface area contributed by atoms with E-state index in [0.29, 0.717) is 0 Å². The summed E-state index contributed by atoms with van der Waals surface area (Å²) < 4.78 is 1.88. The Morgan fingerprint density at radius 2 is 1.72 bits per heavy atom. The lowest BCUT2D eigenvalue weighted by atomic mass is 9.89. The third kappa shape index (κ3) is 2.74. The van der Waals surface area contributed by atoms with Crippen LogP contribution in [-0.2, 0) is 0 Å². The SMILES string of the molecule is CN(C)c1ccc([C@H]2Nc3ncnn3[C@@H](c3ccccc3)[C@@H]2N)cc1. The average Bonchev–Trinajstić information content (AvgIpc) is 3.10. The number of aromatic nitrogens is 3. The van der Waals surface area contributed by atoms with E-state index in [-0.39, 0.29) is 18.1 Å². The zero-order chi connectivity index (χ0) is 17.4. The Hall–Kier alpha value is -2.86. The Kier molecular flexibility index (Phi) is 3.89. The topological polar surface area (TPSA) is 72.0 Å². The fourth-order valence-electron chi connectivity index (χ4n) is 3.44. The van der Waals surface area contributed by atoms with Crippen LogP contribution in [0.2, 0.25) is 0 Å². The first-order valence-corrected chi connectivity index (χ1v) is 8.39. The predicted octanol–water partition coefficient (Wildman–Crippen LogP) is 2.43. The van der Waals surface area contributed by atoms with Gasteiger partial charge in [0.05, 0.1) is 18.1 Å². The molecule has 1 aromatic heterocycles. The molecule has 0 aliphatic carbocycles. The average molecular weight is 334 g/mol. The molecular weight excluding hydrogens is 312 g/mol. The lowest BCUT2D eigenvalue weighted by molar-refractivity contribution is 0.371. The molecule has 0 unspecified atom stereocenters. The maximum atomic E-state index is 6.70. The summed E-state index contributed by atoms with van der Waals surface area (Å²) in [6, 6.07) is 18.5. The Morgan fingerprint density at radius 1 is 1.00 bits per heavy atom. The summed E-state index contributed by atoms with van der Waals surface area (Å²) in [5.74, 6) is 0.747. The Morgan fingerprint density at radius 3 is 2.40 bits per heavy atom. The summed E-state index contributed by atoms with van der Waals surface area (Å²) in [6.45, 7) is 0. The van der Waals surface area contributed by atoms with Gasteiger partial charge in [-0.1, -0.05) is 42.5 Å². The van der Waals surface area contributed by atoms with Crippen molar-refractivity contribution in [3.63, 3.8) is 0 Å². The van der Waals surface area contributed by atoms with E-state index < -0.39 is 0 Å². The first-order chi connectivity index (χ1) is 12.1. The maximum Gasteiger partial charge on any atom is 0.222 e. The molecule has 1 aliphatic rings. The molecule has 0 saturated heterocycles. The van der Waals surface area contributed by atoms with Crippen molar-refractivity contribution < 1.29 is 0 Å². The molecule has 0 spiro atoms. The van der Waals surface area contributed by atoms with E-state index in [9.17, 15) is 0 Å². The highest BCUT2D eigenvalue weighted by Crippen LogP contribution is 2.36. The van der Waals surface area contributed by atoms with Gasteiger partial charge in [0.15, 0.2) is 0 Å². The van der Waals surface area contributed by atoms with E-state index in [1.54, 1.807) is 6.33 Å². The molecule has 0 radical (unpaired) electrons. The maximum absolute atomic E-state index is 6.70. The minimum absolute atomic E-state index is 0.0295. The van der Waals surface area contributed by atoms with Crippen LogP contribution in [0, 0.1) is 0 Å². The zero-order valence-electron chi connectivity index (χ0n) is 14.4. The number of nitrogens with one attached hydrogen (secondary N) is 1. The van der Waals surface area contributed by atoms with Crippen LogP contribution in [0.15, 0.2) is 60.9 Å². The lowest BCUT2D eigenvalue weighted by Crippen LogP contribution is -2.46. The third-order valence-corrected chi connectivity index (χ3v) is 4.78. The summed E-state index contributed by atoms with van der Waals surface area (Å²) in [4.78, 5) is 6.45. The monoisotopic (exact) mass is 334 g/mol. The van der Waals surface area contributed by atoms with Crippen LogP contribution in [0.1, 0.15) is 23.2 Å². The zero-order valence-corrected chi connectivity index (χ0v) is 14.4. The standard InChI is InChI=1S/C19H22N6/c1-24(2)15-10-8-13(9-11-15)17-16(20)18(14-6-4-3-5-7-14)25-19(23-17)21-12-22-25/h3-12,16-18H,20H2,1-2H3,(H,21,22,23)/t16-,17-,18+/m1/s1. The van der Waals surface area contributed by atoms with Gasteiger partial charge in [-0.25, -0.2) is 4.68 Å². The van der Waals surface area contributed by atoms with Gasteiger partial charge in [-0.2, -0.15) is 10.1 Å². The molecule has 0 bridgehead atoms. The number of nitrogens with two attached hydrogens (primary N) is 1. The van der Waals surface area contributed by atoms with E-state index in [2.05, 4.69) is 56.7 Å². The van der Waals surface area contributed by atoms with Crippen molar-refractivity contribution in [1.82, 2.24) is 14.8 Å². The summed E-state index contributed by atoms with van der Waals surface area (Å²) in [7, 11) is 4.07. The van der Waals surface area contributed by atoms with Crippen LogP contribution in [0.4, 0.5) is 11.6 Å². The highest BCUT2D eigenvalue weighted by molar-refractivity contribution is 5.49. The normalized spacial score (nSPS) is 22.1. The van der Waals surface area contributed by atoms with Crippen LogP contribution < -0.4 is 16.0 Å². The molecule has 128 valence electrons. The Balaban J connectivity index is 1.73. The number of rotatable bonds is 3. The Bertz CT molecular complexity index is 840. The van der Waals surface area contributed by atoms with Gasteiger partial charge in [0.2, 0.25) is 5.95 Å². The second-order valence-electron chi connectivity index (χ2n) is 6.57. The fourth-order valence-corrected chi connectivity index (χ4v) is 3.44. The van der Waals surface area contributed by atoms with Crippen LogP contribution in [0.3, 0.4) is 0 Å². The third-order valence-electron chi connectivity index (χ3n) is 4.78. The molecule has 0 amide bonds. The van der Waals surface area contributed by atoms with Gasteiger partial charge in [-0.15, -0.1) is 0 Å². The highest BCUT2D eigenvalue weighted by atomic mass is 15.4. The first-order valence-electron chi connectivity index (χ1n) is 8.39. The van der Waals surface area contributed by atoms with Crippen molar-refractivity contribution in [2.24, 2.45) is 5.73 Å². The molecule has 6 nitrogen and oxygen atoms in total. The van der Waals surface area contributed by atoms with Crippen LogP contribution >= 0.6 is 0 Å². The molecule has 6 heteroatoms. The van der Waals surface area contributed by atoms with E-state index in [4.69, 9.17) is 5.73 Å². The van der Waals surface area contributed by atoms with Crippen molar-refractivity contribution >= 4 is 11.6 Å². The summed E-state index contributed by atoms with van der Waals surface area (Å²) in [6.07, 6.45) is 1.57. The molecule has 3 aromatic rings. The molecule has 4 rings (SSSR count). The van der Waals surface area contributed by atoms with Gasteiger partial charge in [-0.3, -0.25) is 0 Å². The molecule has 3 N–H and O–H groups in total. The number of anilines is 2. The van der Waals surface area contributed by atoms with Crippen LogP contribution in [0.25, 0.3) is 0 Å². The van der Waals surface area contributed by atoms with E-state index in [0.717, 1.165) is 22.8 Å². The molecule has 1 aliphatic heterocycles. The fraction of sp³-hybridized carbons (Fsp3) is 0.263. The van der Waals surface area contributed by atoms with Crippen LogP contribution in [0.5, 0.6) is 0 Å². The molecule has 2 heterocycles. The van der Waals surface area contributed by atoms with Gasteiger partial charge in [0.1, 0.15) is 6.33 Å². The molecular formula is C19H22N6. The summed E-state index contributed by atoms with van der Waals surface area (Å²) in [5.41, 5.74) is 10.1. The van der Waals surface area contributed by atoms with Crippen molar-refractivity contribution in [2.75, 3.05) is 24.3 Å². The molecule has 3 atom stereocenters. The van der Waals surface area contributed by atoms with Gasteiger partial charge < -0.3 is 16.0 Å². The number of hydrogen-bond acceptors (Lipinski definition) is 5.